The van der Waals surface area contributed by atoms with Crippen LogP contribution in [0.4, 0.5) is 4.39 Å². The zero-order chi connectivity index (χ0) is 16.2. The zero-order valence-electron chi connectivity index (χ0n) is 12.7. The van der Waals surface area contributed by atoms with Gasteiger partial charge in [-0.2, -0.15) is 0 Å². The molecule has 0 radical (unpaired) electrons. The maximum Gasteiger partial charge on any atom is 0.320 e. The van der Waals surface area contributed by atoms with Crippen molar-refractivity contribution in [3.05, 3.63) is 65.7 Å². The first kappa shape index (κ1) is 15.6. The lowest BCUT2D eigenvalue weighted by atomic mass is 9.94. The van der Waals surface area contributed by atoms with Crippen molar-refractivity contribution in [2.24, 2.45) is 0 Å². The third kappa shape index (κ3) is 3.40. The highest BCUT2D eigenvalue weighted by atomic mass is 19.1. The van der Waals surface area contributed by atoms with E-state index in [-0.39, 0.29) is 11.9 Å². The molecule has 2 aromatic rings. The number of piperidine rings is 1. The van der Waals surface area contributed by atoms with Crippen molar-refractivity contribution < 1.29 is 14.3 Å². The van der Waals surface area contributed by atoms with Crippen molar-refractivity contribution in [2.45, 2.75) is 31.3 Å². The van der Waals surface area contributed by atoms with Crippen molar-refractivity contribution in [2.75, 3.05) is 6.54 Å². The fourth-order valence-electron chi connectivity index (χ4n) is 3.27. The van der Waals surface area contributed by atoms with Crippen LogP contribution in [-0.4, -0.2) is 33.5 Å². The van der Waals surface area contributed by atoms with Gasteiger partial charge in [0.05, 0.1) is 11.7 Å². The van der Waals surface area contributed by atoms with Crippen LogP contribution in [0.2, 0.25) is 0 Å². The van der Waals surface area contributed by atoms with E-state index in [9.17, 15) is 14.3 Å². The zero-order valence-corrected chi connectivity index (χ0v) is 12.7. The van der Waals surface area contributed by atoms with Crippen molar-refractivity contribution in [3.63, 3.8) is 0 Å². The number of halogens is 1. The topological polar surface area (TPSA) is 53.4 Å². The summed E-state index contributed by atoms with van der Waals surface area (Å²) in [5.74, 6) is -1.16. The monoisotopic (exact) mass is 314 g/mol. The molecule has 3 rings (SSSR count). The number of hydrogen-bond acceptors (Lipinski definition) is 3. The second-order valence-electron chi connectivity index (χ2n) is 5.80. The number of rotatable bonds is 4. The smallest absolute Gasteiger partial charge is 0.320 e. The van der Waals surface area contributed by atoms with E-state index in [0.717, 1.165) is 24.1 Å². The second-order valence-corrected chi connectivity index (χ2v) is 5.80. The molecular weight excluding hydrogens is 295 g/mol. The van der Waals surface area contributed by atoms with Crippen LogP contribution in [0, 0.1) is 5.82 Å². The number of benzene rings is 1. The van der Waals surface area contributed by atoms with E-state index >= 15 is 0 Å². The summed E-state index contributed by atoms with van der Waals surface area (Å²) in [5.41, 5.74) is 1.48. The molecule has 0 saturated carbocycles. The van der Waals surface area contributed by atoms with Gasteiger partial charge in [0.25, 0.3) is 0 Å². The minimum absolute atomic E-state index is 0.327. The highest BCUT2D eigenvalue weighted by Gasteiger charge is 2.35. The minimum atomic E-state index is -0.831. The van der Waals surface area contributed by atoms with Crippen molar-refractivity contribution in [1.82, 2.24) is 9.88 Å². The fraction of sp³-hybridized carbons (Fsp3) is 0.333. The van der Waals surface area contributed by atoms with Crippen molar-refractivity contribution in [3.8, 4) is 0 Å². The number of hydrogen-bond donors (Lipinski definition) is 1. The van der Waals surface area contributed by atoms with E-state index in [1.165, 1.54) is 12.1 Å². The van der Waals surface area contributed by atoms with Crippen LogP contribution >= 0.6 is 0 Å². The maximum absolute atomic E-state index is 13.7. The molecule has 0 amide bonds. The second kappa shape index (κ2) is 6.87. The summed E-state index contributed by atoms with van der Waals surface area (Å²) in [7, 11) is 0. The number of carbonyl (C=O) groups is 1. The fourth-order valence-corrected chi connectivity index (χ4v) is 3.27. The molecule has 5 heteroatoms. The normalized spacial score (nSPS) is 20.1. The molecule has 1 aromatic carbocycles. The van der Waals surface area contributed by atoms with E-state index in [1.807, 2.05) is 29.2 Å². The number of carboxylic acid groups (broad SMARTS) is 1. The highest BCUT2D eigenvalue weighted by molar-refractivity contribution is 5.73. The summed E-state index contributed by atoms with van der Waals surface area (Å²) in [6, 6.07) is 11.0. The standard InChI is InChI=1S/C18H19FN2O2/c19-14-7-5-6-13(12-14)17(15-8-1-3-10-20-15)21-11-4-2-9-16(21)18(22)23/h1,3,5-8,10,12,16-17H,2,4,9,11H2,(H,22,23). The Bertz CT molecular complexity index is 678. The van der Waals surface area contributed by atoms with Gasteiger partial charge in [-0.05, 0) is 49.2 Å². The molecule has 0 aliphatic carbocycles. The average Bonchev–Trinajstić information content (AvgIpc) is 2.56. The first-order valence-corrected chi connectivity index (χ1v) is 7.82. The lowest BCUT2D eigenvalue weighted by molar-refractivity contribution is -0.145. The Morgan fingerprint density at radius 1 is 1.26 bits per heavy atom. The summed E-state index contributed by atoms with van der Waals surface area (Å²) in [4.78, 5) is 18.0. The quantitative estimate of drug-likeness (QED) is 0.941. The number of aliphatic carboxylic acids is 1. The van der Waals surface area contributed by atoms with Gasteiger partial charge in [-0.1, -0.05) is 24.6 Å². The van der Waals surface area contributed by atoms with Gasteiger partial charge in [-0.25, -0.2) is 4.39 Å². The molecule has 2 atom stereocenters. The Morgan fingerprint density at radius 3 is 2.83 bits per heavy atom. The molecular formula is C18H19FN2O2. The lowest BCUT2D eigenvalue weighted by Gasteiger charge is -2.39. The van der Waals surface area contributed by atoms with Crippen LogP contribution in [0.25, 0.3) is 0 Å². The highest BCUT2D eigenvalue weighted by Crippen LogP contribution is 2.33. The minimum Gasteiger partial charge on any atom is -0.480 e. The third-order valence-electron chi connectivity index (χ3n) is 4.29. The summed E-state index contributed by atoms with van der Waals surface area (Å²) in [6.07, 6.45) is 4.11. The summed E-state index contributed by atoms with van der Waals surface area (Å²) < 4.78 is 13.7. The van der Waals surface area contributed by atoms with Crippen molar-refractivity contribution >= 4 is 5.97 Å². The van der Waals surface area contributed by atoms with E-state index in [1.54, 1.807) is 12.3 Å². The molecule has 2 unspecified atom stereocenters. The molecule has 1 fully saturated rings. The molecule has 1 saturated heterocycles. The van der Waals surface area contributed by atoms with E-state index in [4.69, 9.17) is 0 Å². The summed E-state index contributed by atoms with van der Waals surface area (Å²) in [5, 5.41) is 9.57. The number of likely N-dealkylation sites (tertiary alicyclic amines) is 1. The van der Waals surface area contributed by atoms with E-state index in [2.05, 4.69) is 4.98 Å². The van der Waals surface area contributed by atoms with Gasteiger partial charge in [0.1, 0.15) is 11.9 Å². The van der Waals surface area contributed by atoms with E-state index < -0.39 is 12.0 Å². The first-order valence-electron chi connectivity index (χ1n) is 7.82. The molecule has 1 aliphatic rings. The molecule has 23 heavy (non-hydrogen) atoms. The maximum atomic E-state index is 13.7. The number of aromatic nitrogens is 1. The van der Waals surface area contributed by atoms with Crippen LogP contribution in [0.1, 0.15) is 36.6 Å². The number of pyridine rings is 1. The Hall–Kier alpha value is -2.27. The molecule has 1 aromatic heterocycles. The lowest BCUT2D eigenvalue weighted by Crippen LogP contribution is -2.47. The number of nitrogens with zero attached hydrogens (tertiary/aromatic N) is 2. The van der Waals surface area contributed by atoms with Crippen LogP contribution < -0.4 is 0 Å². The summed E-state index contributed by atoms with van der Waals surface area (Å²) >= 11 is 0. The first-order chi connectivity index (χ1) is 11.2. The van der Waals surface area contributed by atoms with Gasteiger partial charge in [0, 0.05) is 6.20 Å². The van der Waals surface area contributed by atoms with Gasteiger partial charge in [0.15, 0.2) is 0 Å². The van der Waals surface area contributed by atoms with Crippen molar-refractivity contribution in [1.29, 1.82) is 0 Å². The Morgan fingerprint density at radius 2 is 2.13 bits per heavy atom. The molecule has 0 spiro atoms. The predicted octanol–water partition coefficient (Wildman–Crippen LogP) is 3.25. The SMILES string of the molecule is O=C(O)C1CCCCN1C(c1cccc(F)c1)c1ccccn1. The molecule has 120 valence electrons. The van der Waals surface area contributed by atoms with Gasteiger partial charge in [-0.15, -0.1) is 0 Å². The van der Waals surface area contributed by atoms with E-state index in [0.29, 0.717) is 13.0 Å². The molecule has 1 aliphatic heterocycles. The summed E-state index contributed by atoms with van der Waals surface area (Å²) in [6.45, 7) is 0.661. The van der Waals surface area contributed by atoms with Gasteiger partial charge >= 0.3 is 5.97 Å². The van der Waals surface area contributed by atoms with Gasteiger partial charge in [0.2, 0.25) is 0 Å². The van der Waals surface area contributed by atoms with Gasteiger partial charge < -0.3 is 5.11 Å². The molecule has 1 N–H and O–H groups in total. The van der Waals surface area contributed by atoms with Crippen LogP contribution in [0.3, 0.4) is 0 Å². The third-order valence-corrected chi connectivity index (χ3v) is 4.29. The molecule has 0 bridgehead atoms. The van der Waals surface area contributed by atoms with Crippen LogP contribution in [0.15, 0.2) is 48.7 Å². The molecule has 2 heterocycles. The Labute approximate surface area is 134 Å². The Kier molecular flexibility index (Phi) is 4.67. The van der Waals surface area contributed by atoms with Crippen LogP contribution in [-0.2, 0) is 4.79 Å². The predicted molar refractivity (Wildman–Crippen MR) is 84.5 cm³/mol. The van der Waals surface area contributed by atoms with Crippen LogP contribution in [0.5, 0.6) is 0 Å². The Balaban J connectivity index is 2.06. The average molecular weight is 314 g/mol. The molecule has 4 nitrogen and oxygen atoms in total. The number of carboxylic acids is 1. The largest absolute Gasteiger partial charge is 0.480 e. The van der Waals surface area contributed by atoms with Gasteiger partial charge in [-0.3, -0.25) is 14.7 Å².